The largest absolute Gasteiger partial charge is 0.478 e. The second kappa shape index (κ2) is 6.54. The summed E-state index contributed by atoms with van der Waals surface area (Å²) in [5, 5.41) is 11.1. The average Bonchev–Trinajstić information content (AvgIpc) is 2.89. The van der Waals surface area contributed by atoms with Crippen molar-refractivity contribution in [2.24, 2.45) is 0 Å². The van der Waals surface area contributed by atoms with Crippen LogP contribution in [-0.4, -0.2) is 23.1 Å². The number of nitrogens with zero attached hydrogens (tertiary/aromatic N) is 2. The maximum atomic E-state index is 10.5. The van der Waals surface area contributed by atoms with E-state index in [-0.39, 0.29) is 0 Å². The van der Waals surface area contributed by atoms with E-state index in [0.717, 1.165) is 17.5 Å². The lowest BCUT2D eigenvalue weighted by Gasteiger charge is -2.18. The molecule has 0 aliphatic rings. The normalized spacial score (nSPS) is 10.9. The van der Waals surface area contributed by atoms with Crippen LogP contribution in [0.25, 0.3) is 6.08 Å². The van der Waals surface area contributed by atoms with E-state index in [0.29, 0.717) is 17.1 Å². The van der Waals surface area contributed by atoms with Crippen LogP contribution in [-0.2, 0) is 11.3 Å². The van der Waals surface area contributed by atoms with Gasteiger partial charge in [0, 0.05) is 29.2 Å². The van der Waals surface area contributed by atoms with Gasteiger partial charge in [0.2, 0.25) is 0 Å². The van der Waals surface area contributed by atoms with Gasteiger partial charge in [-0.25, -0.2) is 9.78 Å². The van der Waals surface area contributed by atoms with Crippen molar-refractivity contribution in [3.63, 3.8) is 0 Å². The molecular weight excluding hydrogens is 296 g/mol. The first-order chi connectivity index (χ1) is 9.56. The van der Waals surface area contributed by atoms with Gasteiger partial charge in [-0.3, -0.25) is 0 Å². The van der Waals surface area contributed by atoms with E-state index >= 15 is 0 Å². The fraction of sp³-hybridized carbons (Fsp3) is 0.143. The minimum atomic E-state index is -0.995. The molecule has 1 N–H and O–H groups in total. The zero-order valence-corrected chi connectivity index (χ0v) is 12.4. The Hall–Kier alpha value is -1.85. The summed E-state index contributed by atoms with van der Waals surface area (Å²) in [6, 6.07) is 5.52. The van der Waals surface area contributed by atoms with Crippen LogP contribution >= 0.6 is 22.9 Å². The molecule has 0 saturated carbocycles. The molecule has 1 heterocycles. The average molecular weight is 309 g/mol. The summed E-state index contributed by atoms with van der Waals surface area (Å²) < 4.78 is 0. The van der Waals surface area contributed by atoms with Crippen molar-refractivity contribution in [3.8, 4) is 0 Å². The van der Waals surface area contributed by atoms with Crippen molar-refractivity contribution < 1.29 is 9.90 Å². The van der Waals surface area contributed by atoms with Crippen molar-refractivity contribution >= 4 is 40.7 Å². The molecule has 2 rings (SSSR count). The number of thiazole rings is 1. The summed E-state index contributed by atoms with van der Waals surface area (Å²) >= 11 is 7.72. The molecule has 0 fully saturated rings. The Morgan fingerprint density at radius 3 is 2.95 bits per heavy atom. The lowest BCUT2D eigenvalue weighted by Crippen LogP contribution is -2.16. The predicted octanol–water partition coefficient (Wildman–Crippen LogP) is 3.53. The van der Waals surface area contributed by atoms with Crippen LogP contribution in [0.1, 0.15) is 11.3 Å². The number of carbonyl (C=O) groups is 1. The third kappa shape index (κ3) is 3.82. The number of carboxylic acids is 1. The number of carboxylic acid groups (broad SMARTS) is 1. The van der Waals surface area contributed by atoms with E-state index in [1.54, 1.807) is 22.9 Å². The summed E-state index contributed by atoms with van der Waals surface area (Å²) in [5.41, 5.74) is 4.44. The summed E-state index contributed by atoms with van der Waals surface area (Å²) in [4.78, 5) is 16.8. The Morgan fingerprint density at radius 2 is 2.35 bits per heavy atom. The van der Waals surface area contributed by atoms with E-state index < -0.39 is 5.97 Å². The van der Waals surface area contributed by atoms with Crippen LogP contribution < -0.4 is 4.90 Å². The molecule has 1 aromatic heterocycles. The Morgan fingerprint density at radius 1 is 1.55 bits per heavy atom. The molecule has 0 aliphatic carbocycles. The number of aromatic nitrogens is 1. The third-order valence-electron chi connectivity index (χ3n) is 2.71. The Balaban J connectivity index is 2.13. The molecule has 0 amide bonds. The monoisotopic (exact) mass is 308 g/mol. The minimum Gasteiger partial charge on any atom is -0.478 e. The highest BCUT2D eigenvalue weighted by Crippen LogP contribution is 2.25. The molecule has 0 radical (unpaired) electrons. The van der Waals surface area contributed by atoms with Crippen LogP contribution in [0.3, 0.4) is 0 Å². The number of halogens is 1. The van der Waals surface area contributed by atoms with E-state index in [1.165, 1.54) is 6.08 Å². The SMILES string of the molecule is CN(Cc1cscn1)c1ccc(/C=C/C(=O)O)c(Cl)c1. The quantitative estimate of drug-likeness (QED) is 0.859. The topological polar surface area (TPSA) is 53.4 Å². The molecule has 0 bridgehead atoms. The van der Waals surface area contributed by atoms with Crippen LogP contribution in [0.2, 0.25) is 5.02 Å². The fourth-order valence-corrected chi connectivity index (χ4v) is 2.49. The van der Waals surface area contributed by atoms with Crippen LogP contribution in [0, 0.1) is 0 Å². The smallest absolute Gasteiger partial charge is 0.328 e. The maximum absolute atomic E-state index is 10.5. The second-order valence-electron chi connectivity index (χ2n) is 4.21. The second-order valence-corrected chi connectivity index (χ2v) is 5.34. The summed E-state index contributed by atoms with van der Waals surface area (Å²) in [6.45, 7) is 0.699. The number of rotatable bonds is 5. The highest BCUT2D eigenvalue weighted by Gasteiger charge is 2.06. The number of aliphatic carboxylic acids is 1. The minimum absolute atomic E-state index is 0.519. The zero-order chi connectivity index (χ0) is 14.5. The molecule has 0 unspecified atom stereocenters. The first-order valence-electron chi connectivity index (χ1n) is 5.85. The maximum Gasteiger partial charge on any atom is 0.328 e. The molecule has 4 nitrogen and oxygen atoms in total. The van der Waals surface area contributed by atoms with Gasteiger partial charge < -0.3 is 10.0 Å². The zero-order valence-electron chi connectivity index (χ0n) is 10.8. The number of anilines is 1. The number of hydrogen-bond acceptors (Lipinski definition) is 4. The molecule has 0 saturated heterocycles. The van der Waals surface area contributed by atoms with Gasteiger partial charge in [-0.05, 0) is 23.8 Å². The lowest BCUT2D eigenvalue weighted by molar-refractivity contribution is -0.131. The lowest BCUT2D eigenvalue weighted by atomic mass is 10.2. The molecule has 0 atom stereocenters. The van der Waals surface area contributed by atoms with Crippen molar-refractivity contribution in [1.82, 2.24) is 4.98 Å². The highest BCUT2D eigenvalue weighted by molar-refractivity contribution is 7.07. The van der Waals surface area contributed by atoms with E-state index in [4.69, 9.17) is 16.7 Å². The first-order valence-corrected chi connectivity index (χ1v) is 7.17. The molecule has 0 aliphatic heterocycles. The van der Waals surface area contributed by atoms with Crippen molar-refractivity contribution in [3.05, 3.63) is 51.4 Å². The van der Waals surface area contributed by atoms with E-state index in [2.05, 4.69) is 4.98 Å². The van der Waals surface area contributed by atoms with Gasteiger partial charge in [0.15, 0.2) is 0 Å². The van der Waals surface area contributed by atoms with Gasteiger partial charge >= 0.3 is 5.97 Å². The summed E-state index contributed by atoms with van der Waals surface area (Å²) in [5.74, 6) is -0.995. The highest BCUT2D eigenvalue weighted by atomic mass is 35.5. The molecule has 0 spiro atoms. The van der Waals surface area contributed by atoms with Gasteiger partial charge in [-0.1, -0.05) is 17.7 Å². The Kier molecular flexibility index (Phi) is 4.76. The molecule has 20 heavy (non-hydrogen) atoms. The third-order valence-corrected chi connectivity index (χ3v) is 3.68. The molecule has 104 valence electrons. The first kappa shape index (κ1) is 14.6. The van der Waals surface area contributed by atoms with Gasteiger partial charge in [0.1, 0.15) is 0 Å². The van der Waals surface area contributed by atoms with E-state index in [9.17, 15) is 4.79 Å². The predicted molar refractivity (Wildman–Crippen MR) is 82.3 cm³/mol. The van der Waals surface area contributed by atoms with Crippen molar-refractivity contribution in [2.45, 2.75) is 6.54 Å². The Bertz CT molecular complexity index is 626. The van der Waals surface area contributed by atoms with Gasteiger partial charge in [0.25, 0.3) is 0 Å². The van der Waals surface area contributed by atoms with Crippen LogP contribution in [0.15, 0.2) is 35.2 Å². The standard InChI is InChI=1S/C14H13ClN2O2S/c1-17(7-11-8-20-9-16-11)12-4-2-10(13(15)6-12)3-5-14(18)19/h2-6,8-9H,7H2,1H3,(H,18,19)/b5-3+. The molecular formula is C14H13ClN2O2S. The number of hydrogen-bond donors (Lipinski definition) is 1. The molecule has 1 aromatic carbocycles. The van der Waals surface area contributed by atoms with Crippen LogP contribution in [0.4, 0.5) is 5.69 Å². The van der Waals surface area contributed by atoms with Gasteiger partial charge in [-0.2, -0.15) is 0 Å². The Labute approximate surface area is 126 Å². The number of benzene rings is 1. The van der Waals surface area contributed by atoms with Gasteiger partial charge in [-0.15, -0.1) is 11.3 Å². The van der Waals surface area contributed by atoms with Crippen molar-refractivity contribution in [2.75, 3.05) is 11.9 Å². The fourth-order valence-electron chi connectivity index (χ4n) is 1.70. The summed E-state index contributed by atoms with van der Waals surface area (Å²) in [7, 11) is 1.96. The van der Waals surface area contributed by atoms with E-state index in [1.807, 2.05) is 29.5 Å². The summed E-state index contributed by atoms with van der Waals surface area (Å²) in [6.07, 6.45) is 2.55. The van der Waals surface area contributed by atoms with Crippen LogP contribution in [0.5, 0.6) is 0 Å². The molecule has 2 aromatic rings. The van der Waals surface area contributed by atoms with Crippen molar-refractivity contribution in [1.29, 1.82) is 0 Å². The molecule has 6 heteroatoms. The van der Waals surface area contributed by atoms with Gasteiger partial charge in [0.05, 0.1) is 17.7 Å².